The van der Waals surface area contributed by atoms with Crippen LogP contribution in [-0.4, -0.2) is 19.6 Å². The predicted molar refractivity (Wildman–Crippen MR) is 67.4 cm³/mol. The molecule has 1 aliphatic carbocycles. The van der Waals surface area contributed by atoms with E-state index >= 15 is 0 Å². The van der Waals surface area contributed by atoms with Crippen LogP contribution in [0, 0.1) is 5.92 Å². The first-order valence-corrected chi connectivity index (χ1v) is 6.73. The minimum Gasteiger partial charge on any atom is -0.271 e. The number of thiophene rings is 1. The fourth-order valence-electron chi connectivity index (χ4n) is 2.68. The molecule has 0 bridgehead atoms. The minimum atomic E-state index is 0.796. The molecule has 0 radical (unpaired) electrons. The lowest BCUT2D eigenvalue weighted by molar-refractivity contribution is 0.509. The van der Waals surface area contributed by atoms with E-state index in [1.54, 1.807) is 6.33 Å². The smallest absolute Gasteiger partial charge is 0.172 e. The molecule has 0 spiro atoms. The van der Waals surface area contributed by atoms with Gasteiger partial charge in [-0.05, 0) is 30.7 Å². The Hall–Kier alpha value is -1.49. The summed E-state index contributed by atoms with van der Waals surface area (Å²) < 4.78 is 1.91. The van der Waals surface area contributed by atoms with Crippen LogP contribution in [0.2, 0.25) is 0 Å². The summed E-state index contributed by atoms with van der Waals surface area (Å²) in [6, 6.07) is 0. The van der Waals surface area contributed by atoms with E-state index in [0.29, 0.717) is 0 Å². The molecule has 3 aromatic heterocycles. The Bertz CT molecular complexity index is 712. The number of aromatic nitrogens is 4. The second-order valence-electron chi connectivity index (χ2n) is 4.84. The molecule has 3 heterocycles. The lowest BCUT2D eigenvalue weighted by Crippen LogP contribution is -2.08. The number of hydrogen-bond donors (Lipinski definition) is 0. The van der Waals surface area contributed by atoms with Crippen LogP contribution in [0.5, 0.6) is 0 Å². The third-order valence-corrected chi connectivity index (χ3v) is 4.75. The van der Waals surface area contributed by atoms with Crippen molar-refractivity contribution in [2.24, 2.45) is 5.92 Å². The highest BCUT2D eigenvalue weighted by Gasteiger charge is 2.22. The van der Waals surface area contributed by atoms with Gasteiger partial charge in [0.25, 0.3) is 0 Å². The van der Waals surface area contributed by atoms with Crippen molar-refractivity contribution in [3.05, 3.63) is 23.1 Å². The topological polar surface area (TPSA) is 43.1 Å². The fraction of sp³-hybridized carbons (Fsp3) is 0.417. The zero-order chi connectivity index (χ0) is 11.4. The quantitative estimate of drug-likeness (QED) is 0.610. The number of rotatable bonds is 0. The van der Waals surface area contributed by atoms with Crippen molar-refractivity contribution in [3.8, 4) is 0 Å². The molecule has 0 aliphatic heterocycles. The maximum atomic E-state index is 4.51. The highest BCUT2D eigenvalue weighted by molar-refractivity contribution is 7.19. The third kappa shape index (κ3) is 1.26. The molecule has 1 atom stereocenters. The highest BCUT2D eigenvalue weighted by Crippen LogP contribution is 2.38. The molecular weight excluding hydrogens is 232 g/mol. The van der Waals surface area contributed by atoms with Crippen molar-refractivity contribution in [3.63, 3.8) is 0 Å². The Morgan fingerprint density at radius 3 is 3.29 bits per heavy atom. The molecule has 0 fully saturated rings. The summed E-state index contributed by atoms with van der Waals surface area (Å²) in [6.07, 6.45) is 7.15. The van der Waals surface area contributed by atoms with Crippen molar-refractivity contribution in [1.29, 1.82) is 0 Å². The molecule has 5 heteroatoms. The van der Waals surface area contributed by atoms with Crippen LogP contribution in [0.3, 0.4) is 0 Å². The number of aryl methyl sites for hydroxylation is 1. The monoisotopic (exact) mass is 244 g/mol. The van der Waals surface area contributed by atoms with Crippen LogP contribution in [-0.2, 0) is 12.8 Å². The van der Waals surface area contributed by atoms with Crippen molar-refractivity contribution in [1.82, 2.24) is 19.6 Å². The Balaban J connectivity index is 2.12. The zero-order valence-corrected chi connectivity index (χ0v) is 10.4. The zero-order valence-electron chi connectivity index (χ0n) is 9.55. The van der Waals surface area contributed by atoms with Gasteiger partial charge in [0.1, 0.15) is 17.5 Å². The summed E-state index contributed by atoms with van der Waals surface area (Å²) >= 11 is 1.83. The summed E-state index contributed by atoms with van der Waals surface area (Å²) in [5.74, 6) is 0.796. The van der Waals surface area contributed by atoms with Crippen LogP contribution in [0.15, 0.2) is 12.7 Å². The molecule has 0 unspecified atom stereocenters. The molecular formula is C12H12N4S. The van der Waals surface area contributed by atoms with Gasteiger partial charge in [-0.25, -0.2) is 4.98 Å². The molecule has 0 saturated heterocycles. The molecule has 17 heavy (non-hydrogen) atoms. The summed E-state index contributed by atoms with van der Waals surface area (Å²) in [6.45, 7) is 2.33. The van der Waals surface area contributed by atoms with Crippen LogP contribution >= 0.6 is 11.3 Å². The van der Waals surface area contributed by atoms with Crippen LogP contribution in [0.1, 0.15) is 23.8 Å². The van der Waals surface area contributed by atoms with Crippen LogP contribution in [0.25, 0.3) is 15.9 Å². The summed E-state index contributed by atoms with van der Waals surface area (Å²) in [5, 5.41) is 9.43. The summed E-state index contributed by atoms with van der Waals surface area (Å²) in [7, 11) is 0. The highest BCUT2D eigenvalue weighted by atomic mass is 32.1. The van der Waals surface area contributed by atoms with E-state index in [9.17, 15) is 0 Å². The SMILES string of the molecule is C[C@@H]1CCc2c(sc3ncn4cnnc4c23)C1. The minimum absolute atomic E-state index is 0.796. The predicted octanol–water partition coefficient (Wildman–Crippen LogP) is 2.46. The first kappa shape index (κ1) is 9.53. The van der Waals surface area contributed by atoms with E-state index in [-0.39, 0.29) is 0 Å². The molecule has 0 saturated carbocycles. The van der Waals surface area contributed by atoms with Gasteiger partial charge < -0.3 is 0 Å². The van der Waals surface area contributed by atoms with Gasteiger partial charge in [0, 0.05) is 4.88 Å². The molecule has 4 nitrogen and oxygen atoms in total. The van der Waals surface area contributed by atoms with Gasteiger partial charge in [-0.15, -0.1) is 21.5 Å². The lowest BCUT2D eigenvalue weighted by Gasteiger charge is -2.17. The number of hydrogen-bond acceptors (Lipinski definition) is 4. The largest absolute Gasteiger partial charge is 0.271 e. The van der Waals surface area contributed by atoms with Crippen molar-refractivity contribution in [2.45, 2.75) is 26.2 Å². The van der Waals surface area contributed by atoms with Gasteiger partial charge in [0.15, 0.2) is 5.65 Å². The normalized spacial score (nSPS) is 19.9. The molecule has 0 aromatic carbocycles. The Labute approximate surface area is 102 Å². The van der Waals surface area contributed by atoms with E-state index in [1.807, 2.05) is 22.1 Å². The van der Waals surface area contributed by atoms with Crippen molar-refractivity contribution >= 4 is 27.2 Å². The molecule has 0 N–H and O–H groups in total. The van der Waals surface area contributed by atoms with E-state index < -0.39 is 0 Å². The summed E-state index contributed by atoms with van der Waals surface area (Å²) in [4.78, 5) is 7.13. The second kappa shape index (κ2) is 3.26. The Morgan fingerprint density at radius 2 is 2.35 bits per heavy atom. The maximum Gasteiger partial charge on any atom is 0.172 e. The first-order chi connectivity index (χ1) is 8.33. The molecule has 4 rings (SSSR count). The Morgan fingerprint density at radius 1 is 1.41 bits per heavy atom. The molecule has 1 aliphatic rings. The van der Waals surface area contributed by atoms with Crippen molar-refractivity contribution < 1.29 is 0 Å². The average molecular weight is 244 g/mol. The number of fused-ring (bicyclic) bond motifs is 5. The number of nitrogens with zero attached hydrogens (tertiary/aromatic N) is 4. The van der Waals surface area contributed by atoms with Gasteiger partial charge in [-0.2, -0.15) is 0 Å². The molecule has 86 valence electrons. The third-order valence-electron chi connectivity index (χ3n) is 3.59. The van der Waals surface area contributed by atoms with E-state index in [0.717, 1.165) is 22.8 Å². The molecule has 3 aromatic rings. The fourth-order valence-corrected chi connectivity index (χ4v) is 4.02. The standard InChI is InChI=1S/C12H12N4S/c1-7-2-3-8-9(4-7)17-12-10(8)11-15-14-6-16(11)5-13-12/h5-7H,2-4H2,1H3/t7-/m1/s1. The molecule has 0 amide bonds. The van der Waals surface area contributed by atoms with E-state index in [4.69, 9.17) is 0 Å². The van der Waals surface area contributed by atoms with E-state index in [2.05, 4.69) is 22.1 Å². The van der Waals surface area contributed by atoms with E-state index in [1.165, 1.54) is 28.7 Å². The second-order valence-corrected chi connectivity index (χ2v) is 5.92. The van der Waals surface area contributed by atoms with Gasteiger partial charge >= 0.3 is 0 Å². The summed E-state index contributed by atoms with van der Waals surface area (Å²) in [5.41, 5.74) is 2.43. The average Bonchev–Trinajstić information content (AvgIpc) is 2.89. The first-order valence-electron chi connectivity index (χ1n) is 5.91. The maximum absolute atomic E-state index is 4.51. The van der Waals surface area contributed by atoms with Gasteiger partial charge in [-0.3, -0.25) is 4.40 Å². The van der Waals surface area contributed by atoms with Crippen LogP contribution < -0.4 is 0 Å². The Kier molecular flexibility index (Phi) is 1.83. The van der Waals surface area contributed by atoms with Crippen molar-refractivity contribution in [2.75, 3.05) is 0 Å². The van der Waals surface area contributed by atoms with Gasteiger partial charge in [0.2, 0.25) is 0 Å². The van der Waals surface area contributed by atoms with Gasteiger partial charge in [-0.1, -0.05) is 6.92 Å². The lowest BCUT2D eigenvalue weighted by atomic mass is 9.89. The van der Waals surface area contributed by atoms with Crippen LogP contribution in [0.4, 0.5) is 0 Å². The van der Waals surface area contributed by atoms with Gasteiger partial charge in [0.05, 0.1) is 5.39 Å².